The Morgan fingerprint density at radius 3 is 2.70 bits per heavy atom. The van der Waals surface area contributed by atoms with E-state index >= 15 is 0 Å². The Morgan fingerprint density at radius 1 is 1.45 bits per heavy atom. The lowest BCUT2D eigenvalue weighted by molar-refractivity contribution is -0.384. The molecule has 0 unspecified atom stereocenters. The first-order valence-corrected chi connectivity index (χ1v) is 5.94. The minimum absolute atomic E-state index is 0.0379. The van der Waals surface area contributed by atoms with Crippen molar-refractivity contribution in [3.05, 3.63) is 40.0 Å². The van der Waals surface area contributed by atoms with Crippen molar-refractivity contribution in [2.75, 3.05) is 0 Å². The summed E-state index contributed by atoms with van der Waals surface area (Å²) in [5, 5.41) is 27.9. The van der Waals surface area contributed by atoms with E-state index in [1.807, 2.05) is 13.8 Å². The number of rotatable bonds is 4. The summed E-state index contributed by atoms with van der Waals surface area (Å²) in [5.41, 5.74) is -0.221. The van der Waals surface area contributed by atoms with Gasteiger partial charge < -0.3 is 9.67 Å². The molecule has 1 aromatic heterocycles. The molecular formula is C12H13FN4O3. The van der Waals surface area contributed by atoms with Gasteiger partial charge in [-0.3, -0.25) is 10.1 Å². The lowest BCUT2D eigenvalue weighted by Gasteiger charge is -2.13. The van der Waals surface area contributed by atoms with Crippen LogP contribution in [0.1, 0.15) is 25.7 Å². The summed E-state index contributed by atoms with van der Waals surface area (Å²) in [6, 6.07) is 3.01. The SMILES string of the molecule is CC(C)n1c(CO)nnc1-c1cc(F)ccc1[N+](=O)[O-]. The third-order valence-corrected chi connectivity index (χ3v) is 2.82. The maximum Gasteiger partial charge on any atom is 0.280 e. The quantitative estimate of drug-likeness (QED) is 0.683. The van der Waals surface area contributed by atoms with E-state index < -0.39 is 10.7 Å². The Bertz CT molecular complexity index is 654. The Morgan fingerprint density at radius 2 is 2.15 bits per heavy atom. The molecule has 0 aliphatic rings. The first-order chi connectivity index (χ1) is 9.45. The summed E-state index contributed by atoms with van der Waals surface area (Å²) in [4.78, 5) is 10.4. The maximum absolute atomic E-state index is 13.4. The maximum atomic E-state index is 13.4. The normalized spacial score (nSPS) is 11.1. The smallest absolute Gasteiger partial charge is 0.280 e. The number of nitro benzene ring substituents is 1. The lowest BCUT2D eigenvalue weighted by Crippen LogP contribution is -2.09. The van der Waals surface area contributed by atoms with Crippen molar-refractivity contribution < 1.29 is 14.4 Å². The highest BCUT2D eigenvalue weighted by molar-refractivity contribution is 5.68. The van der Waals surface area contributed by atoms with E-state index in [0.717, 1.165) is 18.2 Å². The van der Waals surface area contributed by atoms with Gasteiger partial charge in [0.15, 0.2) is 11.6 Å². The van der Waals surface area contributed by atoms with Crippen molar-refractivity contribution in [2.24, 2.45) is 0 Å². The van der Waals surface area contributed by atoms with E-state index in [9.17, 15) is 19.6 Å². The van der Waals surface area contributed by atoms with Gasteiger partial charge in [-0.1, -0.05) is 0 Å². The monoisotopic (exact) mass is 280 g/mol. The van der Waals surface area contributed by atoms with E-state index in [1.165, 1.54) is 0 Å². The molecule has 8 heteroatoms. The summed E-state index contributed by atoms with van der Waals surface area (Å²) in [7, 11) is 0. The Kier molecular flexibility index (Phi) is 3.75. The third-order valence-electron chi connectivity index (χ3n) is 2.82. The van der Waals surface area contributed by atoms with Crippen LogP contribution in [-0.2, 0) is 6.61 Å². The zero-order valence-electron chi connectivity index (χ0n) is 10.9. The van der Waals surface area contributed by atoms with E-state index in [4.69, 9.17) is 0 Å². The fraction of sp³-hybridized carbons (Fsp3) is 0.333. The van der Waals surface area contributed by atoms with Crippen molar-refractivity contribution in [3.8, 4) is 11.4 Å². The highest BCUT2D eigenvalue weighted by Crippen LogP contribution is 2.31. The van der Waals surface area contributed by atoms with E-state index in [2.05, 4.69) is 10.2 Å². The number of hydrogen-bond acceptors (Lipinski definition) is 5. The average Bonchev–Trinajstić information content (AvgIpc) is 2.81. The van der Waals surface area contributed by atoms with Gasteiger partial charge in [-0.25, -0.2) is 4.39 Å². The topological polar surface area (TPSA) is 94.1 Å². The molecule has 1 aromatic carbocycles. The molecule has 0 saturated heterocycles. The second-order valence-corrected chi connectivity index (χ2v) is 4.48. The Hall–Kier alpha value is -2.35. The van der Waals surface area contributed by atoms with Crippen molar-refractivity contribution in [1.82, 2.24) is 14.8 Å². The molecule has 0 fully saturated rings. The molecule has 0 aliphatic heterocycles. The highest BCUT2D eigenvalue weighted by Gasteiger charge is 2.23. The van der Waals surface area contributed by atoms with Gasteiger partial charge in [-0.15, -0.1) is 10.2 Å². The number of nitro groups is 1. The number of hydrogen-bond donors (Lipinski definition) is 1. The van der Waals surface area contributed by atoms with Crippen LogP contribution in [0, 0.1) is 15.9 Å². The molecule has 0 spiro atoms. The van der Waals surface area contributed by atoms with E-state index in [-0.39, 0.29) is 35.5 Å². The molecule has 0 aliphatic carbocycles. The summed E-state index contributed by atoms with van der Waals surface area (Å²) in [5.74, 6) is -0.168. The second-order valence-electron chi connectivity index (χ2n) is 4.48. The fourth-order valence-electron chi connectivity index (χ4n) is 2.00. The van der Waals surface area contributed by atoms with Crippen LogP contribution in [0.15, 0.2) is 18.2 Å². The van der Waals surface area contributed by atoms with Gasteiger partial charge >= 0.3 is 0 Å². The van der Waals surface area contributed by atoms with Gasteiger partial charge in [-0.05, 0) is 26.0 Å². The van der Waals surface area contributed by atoms with Gasteiger partial charge in [-0.2, -0.15) is 0 Å². The molecule has 7 nitrogen and oxygen atoms in total. The van der Waals surface area contributed by atoms with Crippen molar-refractivity contribution in [3.63, 3.8) is 0 Å². The zero-order valence-corrected chi connectivity index (χ0v) is 10.9. The molecule has 0 radical (unpaired) electrons. The van der Waals surface area contributed by atoms with E-state index in [1.54, 1.807) is 4.57 Å². The summed E-state index contributed by atoms with van der Waals surface area (Å²) < 4.78 is 14.9. The summed E-state index contributed by atoms with van der Waals surface area (Å²) in [6.45, 7) is 3.28. The van der Waals surface area contributed by atoms with Crippen LogP contribution in [0.25, 0.3) is 11.4 Å². The van der Waals surface area contributed by atoms with Gasteiger partial charge in [0.2, 0.25) is 0 Å². The van der Waals surface area contributed by atoms with Crippen LogP contribution in [0.2, 0.25) is 0 Å². The van der Waals surface area contributed by atoms with Crippen LogP contribution in [0.3, 0.4) is 0 Å². The van der Waals surface area contributed by atoms with Crippen molar-refractivity contribution in [2.45, 2.75) is 26.5 Å². The van der Waals surface area contributed by atoms with Gasteiger partial charge in [0.25, 0.3) is 5.69 Å². The van der Waals surface area contributed by atoms with Crippen LogP contribution >= 0.6 is 0 Å². The van der Waals surface area contributed by atoms with Crippen molar-refractivity contribution >= 4 is 5.69 Å². The third kappa shape index (κ3) is 2.37. The predicted molar refractivity (Wildman–Crippen MR) is 68.4 cm³/mol. The highest BCUT2D eigenvalue weighted by atomic mass is 19.1. The molecule has 2 aromatic rings. The van der Waals surface area contributed by atoms with Crippen LogP contribution in [0.5, 0.6) is 0 Å². The second kappa shape index (κ2) is 5.33. The molecule has 1 heterocycles. The standard InChI is InChI=1S/C12H13FN4O3/c1-7(2)16-11(6-18)14-15-12(16)9-5-8(13)3-4-10(9)17(19)20/h3-5,7,18H,6H2,1-2H3. The number of aliphatic hydroxyl groups is 1. The Balaban J connectivity index is 2.71. The van der Waals surface area contributed by atoms with Crippen LogP contribution in [0.4, 0.5) is 10.1 Å². The number of halogens is 1. The largest absolute Gasteiger partial charge is 0.388 e. The minimum Gasteiger partial charge on any atom is -0.388 e. The molecular weight excluding hydrogens is 267 g/mol. The van der Waals surface area contributed by atoms with Crippen LogP contribution < -0.4 is 0 Å². The van der Waals surface area contributed by atoms with Gasteiger partial charge in [0.05, 0.1) is 10.5 Å². The number of aromatic nitrogens is 3. The average molecular weight is 280 g/mol. The molecule has 1 N–H and O–H groups in total. The predicted octanol–water partition coefficient (Wildman–Crippen LogP) is 2.07. The number of nitrogens with zero attached hydrogens (tertiary/aromatic N) is 4. The molecule has 0 amide bonds. The zero-order chi connectivity index (χ0) is 14.9. The summed E-state index contributed by atoms with van der Waals surface area (Å²) >= 11 is 0. The summed E-state index contributed by atoms with van der Waals surface area (Å²) in [6.07, 6.45) is 0. The first kappa shape index (κ1) is 14.1. The fourth-order valence-corrected chi connectivity index (χ4v) is 2.00. The number of aliphatic hydroxyl groups excluding tert-OH is 1. The molecule has 0 bridgehead atoms. The minimum atomic E-state index is -0.604. The molecule has 2 rings (SSSR count). The van der Waals surface area contributed by atoms with Gasteiger partial charge in [0, 0.05) is 12.1 Å². The molecule has 0 saturated carbocycles. The van der Waals surface area contributed by atoms with E-state index in [0.29, 0.717) is 0 Å². The van der Waals surface area contributed by atoms with Crippen molar-refractivity contribution in [1.29, 1.82) is 0 Å². The Labute approximate surface area is 113 Å². The molecule has 0 atom stereocenters. The van der Waals surface area contributed by atoms with Crippen LogP contribution in [-0.4, -0.2) is 24.8 Å². The molecule has 20 heavy (non-hydrogen) atoms. The van der Waals surface area contributed by atoms with Gasteiger partial charge in [0.1, 0.15) is 12.4 Å². The first-order valence-electron chi connectivity index (χ1n) is 5.94. The number of benzene rings is 1. The molecule has 106 valence electrons. The lowest BCUT2D eigenvalue weighted by atomic mass is 10.1.